The quantitative estimate of drug-likeness (QED) is 0.328. The smallest absolute Gasteiger partial charge is 0.147 e. The summed E-state index contributed by atoms with van der Waals surface area (Å²) in [6.45, 7) is 5.32. The highest BCUT2D eigenvalue weighted by atomic mass is 16.7. The van der Waals surface area contributed by atoms with Crippen LogP contribution < -0.4 is 0 Å². The fourth-order valence-corrected chi connectivity index (χ4v) is 3.67. The Kier molecular flexibility index (Phi) is 12.3. The maximum Gasteiger partial charge on any atom is 0.147 e. The number of rotatable bonds is 16. The third kappa shape index (κ3) is 8.94. The SMILES string of the molecule is CC[C@@H](OCOCCOC)[C@H](CCCO)N(Cc1ccccc1)Cc1ccccc1. The standard InChI is InChI=1S/C25H37NO4/c1-3-25(30-21-29-18-17-28-2)24(15-10-16-27)26(19-22-11-6-4-7-12-22)20-23-13-8-5-9-14-23/h4-9,11-14,24-25,27H,3,10,15-21H2,1-2H3/t24-,25+/m0/s1. The van der Waals surface area contributed by atoms with Crippen LogP contribution in [0.3, 0.4) is 0 Å². The van der Waals surface area contributed by atoms with E-state index in [9.17, 15) is 5.11 Å². The molecule has 0 aliphatic carbocycles. The molecular formula is C25H37NO4. The summed E-state index contributed by atoms with van der Waals surface area (Å²) in [6.07, 6.45) is 2.51. The minimum absolute atomic E-state index is 0.0199. The Bertz CT molecular complexity index is 611. The van der Waals surface area contributed by atoms with Gasteiger partial charge in [-0.1, -0.05) is 67.6 Å². The molecule has 5 nitrogen and oxygen atoms in total. The molecule has 1 N–H and O–H groups in total. The van der Waals surface area contributed by atoms with E-state index in [0.29, 0.717) is 13.2 Å². The molecule has 30 heavy (non-hydrogen) atoms. The molecule has 0 spiro atoms. The first-order chi connectivity index (χ1) is 14.8. The van der Waals surface area contributed by atoms with Crippen molar-refractivity contribution in [3.05, 3.63) is 71.8 Å². The van der Waals surface area contributed by atoms with Gasteiger partial charge in [-0.25, -0.2) is 0 Å². The molecule has 2 rings (SSSR count). The highest BCUT2D eigenvalue weighted by Gasteiger charge is 2.27. The monoisotopic (exact) mass is 415 g/mol. The van der Waals surface area contributed by atoms with Gasteiger partial charge in [0.25, 0.3) is 0 Å². The molecule has 0 aliphatic rings. The number of nitrogens with zero attached hydrogens (tertiary/aromatic N) is 1. The Morgan fingerprint density at radius 1 is 0.900 bits per heavy atom. The van der Waals surface area contributed by atoms with E-state index < -0.39 is 0 Å². The molecule has 0 aromatic heterocycles. The Morgan fingerprint density at radius 3 is 2.00 bits per heavy atom. The summed E-state index contributed by atoms with van der Waals surface area (Å²) in [5.41, 5.74) is 2.54. The Hall–Kier alpha value is -1.76. The molecule has 166 valence electrons. The van der Waals surface area contributed by atoms with Crippen LogP contribution in [0.5, 0.6) is 0 Å². The van der Waals surface area contributed by atoms with Crippen molar-refractivity contribution in [1.82, 2.24) is 4.90 Å². The van der Waals surface area contributed by atoms with E-state index >= 15 is 0 Å². The van der Waals surface area contributed by atoms with Gasteiger partial charge >= 0.3 is 0 Å². The van der Waals surface area contributed by atoms with Gasteiger partial charge in [0.2, 0.25) is 0 Å². The first-order valence-electron chi connectivity index (χ1n) is 10.9. The van der Waals surface area contributed by atoms with Gasteiger partial charge in [-0.3, -0.25) is 4.90 Å². The van der Waals surface area contributed by atoms with Crippen LogP contribution in [0.15, 0.2) is 60.7 Å². The van der Waals surface area contributed by atoms with Crippen LogP contribution >= 0.6 is 0 Å². The van der Waals surface area contributed by atoms with Gasteiger partial charge in [0.05, 0.1) is 19.3 Å². The summed E-state index contributed by atoms with van der Waals surface area (Å²) >= 11 is 0. The van der Waals surface area contributed by atoms with Crippen molar-refractivity contribution in [3.8, 4) is 0 Å². The first kappa shape index (κ1) is 24.5. The van der Waals surface area contributed by atoms with E-state index in [4.69, 9.17) is 14.2 Å². The number of aliphatic hydroxyl groups excluding tert-OH is 1. The molecule has 0 saturated heterocycles. The lowest BCUT2D eigenvalue weighted by Gasteiger charge is -2.37. The number of ether oxygens (including phenoxy) is 3. The second-order valence-electron chi connectivity index (χ2n) is 7.44. The summed E-state index contributed by atoms with van der Waals surface area (Å²) < 4.78 is 16.7. The van der Waals surface area contributed by atoms with Crippen LogP contribution in [0.1, 0.15) is 37.3 Å². The molecule has 2 atom stereocenters. The minimum Gasteiger partial charge on any atom is -0.396 e. The fraction of sp³-hybridized carbons (Fsp3) is 0.520. The zero-order valence-corrected chi connectivity index (χ0v) is 18.4. The summed E-state index contributed by atoms with van der Waals surface area (Å²) in [5.74, 6) is 0. The average molecular weight is 416 g/mol. The summed E-state index contributed by atoms with van der Waals surface area (Å²) in [4.78, 5) is 2.48. The lowest BCUT2D eigenvalue weighted by atomic mass is 9.99. The number of hydrogen-bond acceptors (Lipinski definition) is 5. The Morgan fingerprint density at radius 2 is 1.50 bits per heavy atom. The van der Waals surface area contributed by atoms with Gasteiger partial charge in [-0.2, -0.15) is 0 Å². The van der Waals surface area contributed by atoms with Crippen LogP contribution in [0, 0.1) is 0 Å². The Labute approximate surface area is 181 Å². The minimum atomic E-state index is 0.0199. The third-order valence-electron chi connectivity index (χ3n) is 5.21. The van der Waals surface area contributed by atoms with E-state index in [1.807, 2.05) is 12.1 Å². The predicted octanol–water partition coefficient (Wildman–Crippen LogP) is 4.25. The normalized spacial score (nSPS) is 13.5. The fourth-order valence-electron chi connectivity index (χ4n) is 3.67. The number of benzene rings is 2. The van der Waals surface area contributed by atoms with Crippen LogP contribution in [-0.2, 0) is 27.3 Å². The second-order valence-corrected chi connectivity index (χ2v) is 7.44. The van der Waals surface area contributed by atoms with Crippen LogP contribution in [0.25, 0.3) is 0 Å². The zero-order valence-electron chi connectivity index (χ0n) is 18.4. The average Bonchev–Trinajstić information content (AvgIpc) is 2.79. The lowest BCUT2D eigenvalue weighted by Crippen LogP contribution is -2.44. The van der Waals surface area contributed by atoms with Crippen molar-refractivity contribution < 1.29 is 19.3 Å². The largest absolute Gasteiger partial charge is 0.396 e. The van der Waals surface area contributed by atoms with Gasteiger partial charge in [0.1, 0.15) is 6.79 Å². The molecule has 0 radical (unpaired) electrons. The van der Waals surface area contributed by atoms with Crippen molar-refractivity contribution in [3.63, 3.8) is 0 Å². The molecule has 0 heterocycles. The molecule has 2 aromatic rings. The predicted molar refractivity (Wildman–Crippen MR) is 120 cm³/mol. The van der Waals surface area contributed by atoms with E-state index in [2.05, 4.69) is 60.4 Å². The molecule has 0 aliphatic heterocycles. The van der Waals surface area contributed by atoms with Gasteiger partial charge in [0, 0.05) is 32.8 Å². The van der Waals surface area contributed by atoms with E-state index in [-0.39, 0.29) is 25.5 Å². The van der Waals surface area contributed by atoms with Gasteiger partial charge in [-0.05, 0) is 30.4 Å². The third-order valence-corrected chi connectivity index (χ3v) is 5.21. The van der Waals surface area contributed by atoms with Crippen molar-refractivity contribution in [2.24, 2.45) is 0 Å². The summed E-state index contributed by atoms with van der Waals surface area (Å²) in [7, 11) is 1.66. The maximum atomic E-state index is 9.51. The lowest BCUT2D eigenvalue weighted by molar-refractivity contribution is -0.123. The Balaban J connectivity index is 2.16. The zero-order chi connectivity index (χ0) is 21.4. The molecule has 2 aromatic carbocycles. The highest BCUT2D eigenvalue weighted by molar-refractivity contribution is 5.17. The molecule has 0 saturated carbocycles. The summed E-state index contributed by atoms with van der Waals surface area (Å²) in [5, 5.41) is 9.51. The van der Waals surface area contributed by atoms with Crippen molar-refractivity contribution >= 4 is 0 Å². The van der Waals surface area contributed by atoms with Gasteiger partial charge < -0.3 is 19.3 Å². The number of hydrogen-bond donors (Lipinski definition) is 1. The van der Waals surface area contributed by atoms with Crippen LogP contribution in [0.4, 0.5) is 0 Å². The highest BCUT2D eigenvalue weighted by Crippen LogP contribution is 2.22. The molecule has 5 heteroatoms. The number of aliphatic hydroxyl groups is 1. The molecular weight excluding hydrogens is 378 g/mol. The molecule has 0 amide bonds. The molecule has 0 unspecified atom stereocenters. The van der Waals surface area contributed by atoms with Crippen molar-refractivity contribution in [2.45, 2.75) is 51.4 Å². The van der Waals surface area contributed by atoms with Crippen molar-refractivity contribution in [2.75, 3.05) is 33.7 Å². The van der Waals surface area contributed by atoms with Gasteiger partial charge in [-0.15, -0.1) is 0 Å². The molecule has 0 fully saturated rings. The van der Waals surface area contributed by atoms with Gasteiger partial charge in [0.15, 0.2) is 0 Å². The van der Waals surface area contributed by atoms with Crippen LogP contribution in [-0.4, -0.2) is 55.9 Å². The topological polar surface area (TPSA) is 51.2 Å². The van der Waals surface area contributed by atoms with Crippen LogP contribution in [0.2, 0.25) is 0 Å². The molecule has 0 bridgehead atoms. The van der Waals surface area contributed by atoms with E-state index in [1.165, 1.54) is 11.1 Å². The van der Waals surface area contributed by atoms with Crippen molar-refractivity contribution in [1.29, 1.82) is 0 Å². The first-order valence-corrected chi connectivity index (χ1v) is 10.9. The summed E-state index contributed by atoms with van der Waals surface area (Å²) in [6, 6.07) is 21.2. The second kappa shape index (κ2) is 15.1. The number of methoxy groups -OCH3 is 1. The van der Waals surface area contributed by atoms with E-state index in [1.54, 1.807) is 7.11 Å². The van der Waals surface area contributed by atoms with E-state index in [0.717, 1.165) is 32.4 Å². The maximum absolute atomic E-state index is 9.51.